The van der Waals surface area contributed by atoms with Crippen LogP contribution >= 0.6 is 31.9 Å². The Labute approximate surface area is 109 Å². The highest BCUT2D eigenvalue weighted by atomic mass is 79.9. The third kappa shape index (κ3) is 2.52. The van der Waals surface area contributed by atoms with E-state index in [-0.39, 0.29) is 13.0 Å². The van der Waals surface area contributed by atoms with Crippen molar-refractivity contribution in [1.82, 2.24) is 4.90 Å². The summed E-state index contributed by atoms with van der Waals surface area (Å²) in [4.78, 5) is 34.8. The standard InChI is InChI=1S/C9H9Br2NO4/c10-3-5-6(4-11)9(16)12(8(5)15)2-1-7(13)14/h1-4H2,(H,13,14). The van der Waals surface area contributed by atoms with E-state index in [9.17, 15) is 14.4 Å². The normalized spacial score (nSPS) is 16.2. The Morgan fingerprint density at radius 1 is 1.12 bits per heavy atom. The monoisotopic (exact) mass is 353 g/mol. The van der Waals surface area contributed by atoms with Crippen molar-refractivity contribution in [3.63, 3.8) is 0 Å². The zero-order chi connectivity index (χ0) is 12.3. The molecule has 0 aromatic carbocycles. The molecule has 1 heterocycles. The van der Waals surface area contributed by atoms with Crippen molar-refractivity contribution in [1.29, 1.82) is 0 Å². The molecule has 1 rings (SSSR count). The molecule has 1 N–H and O–H groups in total. The molecule has 0 fully saturated rings. The van der Waals surface area contributed by atoms with Gasteiger partial charge in [0.25, 0.3) is 11.8 Å². The van der Waals surface area contributed by atoms with E-state index in [0.29, 0.717) is 21.8 Å². The predicted molar refractivity (Wildman–Crippen MR) is 63.6 cm³/mol. The summed E-state index contributed by atoms with van der Waals surface area (Å²) >= 11 is 6.28. The Kier molecular flexibility index (Phi) is 4.67. The fraction of sp³-hybridized carbons (Fsp3) is 0.444. The molecule has 0 saturated carbocycles. The minimum Gasteiger partial charge on any atom is -0.481 e. The van der Waals surface area contributed by atoms with Gasteiger partial charge >= 0.3 is 5.97 Å². The number of alkyl halides is 2. The molecule has 0 saturated heterocycles. The highest BCUT2D eigenvalue weighted by Gasteiger charge is 2.36. The molecule has 0 aromatic heterocycles. The minimum absolute atomic E-state index is 0.0833. The second-order valence-electron chi connectivity index (χ2n) is 3.13. The molecule has 5 nitrogen and oxygen atoms in total. The number of imide groups is 1. The number of rotatable bonds is 5. The van der Waals surface area contributed by atoms with Crippen LogP contribution in [0.4, 0.5) is 0 Å². The van der Waals surface area contributed by atoms with Gasteiger partial charge in [0.1, 0.15) is 0 Å². The number of carbonyl (C=O) groups is 3. The smallest absolute Gasteiger partial charge is 0.305 e. The van der Waals surface area contributed by atoms with Crippen LogP contribution in [0.15, 0.2) is 11.1 Å². The molecule has 0 aromatic rings. The van der Waals surface area contributed by atoms with Crippen LogP contribution in [0.2, 0.25) is 0 Å². The summed E-state index contributed by atoms with van der Waals surface area (Å²) in [7, 11) is 0. The molecule has 0 bridgehead atoms. The van der Waals surface area contributed by atoms with Crippen LogP contribution in [-0.2, 0) is 14.4 Å². The lowest BCUT2D eigenvalue weighted by molar-refractivity contribution is -0.140. The first kappa shape index (κ1) is 13.4. The summed E-state index contributed by atoms with van der Waals surface area (Å²) in [6, 6.07) is 0. The number of carboxylic acids is 1. The maximum absolute atomic E-state index is 11.7. The number of carboxylic acid groups (broad SMARTS) is 1. The van der Waals surface area contributed by atoms with E-state index < -0.39 is 17.8 Å². The fourth-order valence-electron chi connectivity index (χ4n) is 1.36. The van der Waals surface area contributed by atoms with Gasteiger partial charge in [-0.25, -0.2) is 0 Å². The molecule has 7 heteroatoms. The number of hydrogen-bond donors (Lipinski definition) is 1. The third-order valence-corrected chi connectivity index (χ3v) is 3.31. The number of carbonyl (C=O) groups excluding carboxylic acids is 2. The Morgan fingerprint density at radius 2 is 1.56 bits per heavy atom. The number of hydrogen-bond acceptors (Lipinski definition) is 3. The first-order chi connectivity index (χ1) is 7.52. The molecule has 16 heavy (non-hydrogen) atoms. The van der Waals surface area contributed by atoms with Gasteiger partial charge in [0, 0.05) is 28.4 Å². The fourth-order valence-corrected chi connectivity index (χ4v) is 2.52. The Morgan fingerprint density at radius 3 is 1.88 bits per heavy atom. The Hall–Kier alpha value is -0.690. The highest BCUT2D eigenvalue weighted by molar-refractivity contribution is 9.09. The van der Waals surface area contributed by atoms with Gasteiger partial charge in [0.2, 0.25) is 0 Å². The SMILES string of the molecule is O=C(O)CCN1C(=O)C(CBr)=C(CBr)C1=O. The van der Waals surface area contributed by atoms with E-state index in [0.717, 1.165) is 4.90 Å². The van der Waals surface area contributed by atoms with Crippen LogP contribution in [-0.4, -0.2) is 45.0 Å². The predicted octanol–water partition coefficient (Wildman–Crippen LogP) is 0.916. The van der Waals surface area contributed by atoms with Crippen LogP contribution in [0, 0.1) is 0 Å². The summed E-state index contributed by atoms with van der Waals surface area (Å²) in [6.07, 6.45) is -0.234. The van der Waals surface area contributed by atoms with Gasteiger partial charge in [0.15, 0.2) is 0 Å². The molecule has 0 atom stereocenters. The van der Waals surface area contributed by atoms with Crippen LogP contribution in [0.5, 0.6) is 0 Å². The average Bonchev–Trinajstić information content (AvgIpc) is 2.46. The maximum atomic E-state index is 11.7. The molecule has 88 valence electrons. The Bertz CT molecular complexity index is 352. The van der Waals surface area contributed by atoms with Gasteiger partial charge in [0.05, 0.1) is 6.42 Å². The topological polar surface area (TPSA) is 74.7 Å². The van der Waals surface area contributed by atoms with Gasteiger partial charge in [-0.15, -0.1) is 0 Å². The van der Waals surface area contributed by atoms with E-state index in [1.807, 2.05) is 0 Å². The number of halogens is 2. The molecule has 0 unspecified atom stereocenters. The van der Waals surface area contributed by atoms with E-state index >= 15 is 0 Å². The number of amides is 2. The number of aliphatic carboxylic acids is 1. The van der Waals surface area contributed by atoms with Crippen molar-refractivity contribution in [2.45, 2.75) is 6.42 Å². The van der Waals surface area contributed by atoms with Crippen LogP contribution < -0.4 is 0 Å². The van der Waals surface area contributed by atoms with Crippen LogP contribution in [0.25, 0.3) is 0 Å². The van der Waals surface area contributed by atoms with Crippen molar-refractivity contribution in [3.8, 4) is 0 Å². The van der Waals surface area contributed by atoms with Crippen LogP contribution in [0.3, 0.4) is 0 Å². The van der Waals surface area contributed by atoms with E-state index in [2.05, 4.69) is 31.9 Å². The van der Waals surface area contributed by atoms with Gasteiger partial charge in [-0.3, -0.25) is 19.3 Å². The maximum Gasteiger partial charge on any atom is 0.305 e. The lowest BCUT2D eigenvalue weighted by atomic mass is 10.2. The minimum atomic E-state index is -1.03. The molecule has 0 spiro atoms. The Balaban J connectivity index is 2.84. The first-order valence-corrected chi connectivity index (χ1v) is 6.69. The van der Waals surface area contributed by atoms with E-state index in [1.165, 1.54) is 0 Å². The third-order valence-electron chi connectivity index (χ3n) is 2.19. The van der Waals surface area contributed by atoms with Crippen molar-refractivity contribution < 1.29 is 19.5 Å². The lowest BCUT2D eigenvalue weighted by Crippen LogP contribution is -2.34. The highest BCUT2D eigenvalue weighted by Crippen LogP contribution is 2.23. The molecule has 0 radical (unpaired) electrons. The zero-order valence-corrected chi connectivity index (χ0v) is 11.4. The summed E-state index contributed by atoms with van der Waals surface area (Å²) in [5, 5.41) is 9.10. The molecule has 1 aliphatic heterocycles. The number of nitrogens with zero attached hydrogens (tertiary/aromatic N) is 1. The van der Waals surface area contributed by atoms with Gasteiger partial charge in [-0.2, -0.15) is 0 Å². The quantitative estimate of drug-likeness (QED) is 0.588. The zero-order valence-electron chi connectivity index (χ0n) is 8.20. The lowest BCUT2D eigenvalue weighted by Gasteiger charge is -2.13. The average molecular weight is 355 g/mol. The van der Waals surface area contributed by atoms with Gasteiger partial charge in [-0.1, -0.05) is 31.9 Å². The summed E-state index contributed by atoms with van der Waals surface area (Å²) < 4.78 is 0. The summed E-state index contributed by atoms with van der Waals surface area (Å²) in [5.41, 5.74) is 0.791. The van der Waals surface area contributed by atoms with Crippen LogP contribution in [0.1, 0.15) is 6.42 Å². The molecular weight excluding hydrogens is 346 g/mol. The van der Waals surface area contributed by atoms with Crippen molar-refractivity contribution in [2.24, 2.45) is 0 Å². The molecule has 1 aliphatic rings. The summed E-state index contributed by atoms with van der Waals surface area (Å²) in [5.74, 6) is -1.84. The van der Waals surface area contributed by atoms with Gasteiger partial charge in [-0.05, 0) is 0 Å². The van der Waals surface area contributed by atoms with Gasteiger partial charge < -0.3 is 5.11 Å². The second kappa shape index (κ2) is 5.58. The van der Waals surface area contributed by atoms with E-state index in [1.54, 1.807) is 0 Å². The van der Waals surface area contributed by atoms with Crippen molar-refractivity contribution >= 4 is 49.6 Å². The first-order valence-electron chi connectivity index (χ1n) is 4.44. The van der Waals surface area contributed by atoms with Crippen molar-refractivity contribution in [3.05, 3.63) is 11.1 Å². The van der Waals surface area contributed by atoms with Crippen molar-refractivity contribution in [2.75, 3.05) is 17.2 Å². The molecular formula is C9H9Br2NO4. The summed E-state index contributed by atoms with van der Waals surface area (Å²) in [6.45, 7) is -0.0833. The second-order valence-corrected chi connectivity index (χ2v) is 4.25. The largest absolute Gasteiger partial charge is 0.481 e. The molecule has 0 aliphatic carbocycles. The van der Waals surface area contributed by atoms with E-state index in [4.69, 9.17) is 5.11 Å². The molecule has 2 amide bonds.